The number of nitrogen functional groups attached to an aromatic ring is 1. The van der Waals surface area contributed by atoms with E-state index in [-0.39, 0.29) is 0 Å². The van der Waals surface area contributed by atoms with Gasteiger partial charge >= 0.3 is 0 Å². The third-order valence-electron chi connectivity index (χ3n) is 2.45. The van der Waals surface area contributed by atoms with Gasteiger partial charge in [0.15, 0.2) is 0 Å². The summed E-state index contributed by atoms with van der Waals surface area (Å²) < 4.78 is 1.73. The molecule has 0 saturated heterocycles. The lowest BCUT2D eigenvalue weighted by Gasteiger charge is -2.03. The number of aromatic nitrogens is 2. The van der Waals surface area contributed by atoms with E-state index in [1.165, 1.54) is 5.56 Å². The van der Waals surface area contributed by atoms with Crippen molar-refractivity contribution in [1.82, 2.24) is 9.78 Å². The number of hydrogen-bond acceptors (Lipinski definition) is 2. The molecule has 0 aliphatic carbocycles. The van der Waals surface area contributed by atoms with Crippen LogP contribution in [0.1, 0.15) is 18.2 Å². The largest absolute Gasteiger partial charge is 0.384 e. The lowest BCUT2D eigenvalue weighted by atomic mass is 10.2. The van der Waals surface area contributed by atoms with E-state index in [9.17, 15) is 0 Å². The molecule has 0 aliphatic heterocycles. The van der Waals surface area contributed by atoms with Crippen LogP contribution in [-0.4, -0.2) is 9.78 Å². The predicted molar refractivity (Wildman–Crippen MR) is 67.4 cm³/mol. The van der Waals surface area contributed by atoms with E-state index in [0.717, 1.165) is 17.0 Å². The minimum absolute atomic E-state index is 0.627. The highest BCUT2D eigenvalue weighted by atomic mass is 15.3. The Balaban J connectivity index is 2.47. The van der Waals surface area contributed by atoms with Crippen molar-refractivity contribution in [3.8, 4) is 5.69 Å². The number of nitrogens with two attached hydrogens (primary N) is 1. The molecule has 2 rings (SSSR count). The number of allylic oxidation sites excluding steroid dienone is 1. The molecule has 1 aromatic carbocycles. The molecule has 3 nitrogen and oxygen atoms in total. The van der Waals surface area contributed by atoms with Crippen molar-refractivity contribution in [1.29, 1.82) is 0 Å². The smallest absolute Gasteiger partial charge is 0.127 e. The van der Waals surface area contributed by atoms with Gasteiger partial charge in [-0.05, 0) is 31.6 Å². The van der Waals surface area contributed by atoms with Gasteiger partial charge in [-0.3, -0.25) is 0 Å². The molecule has 16 heavy (non-hydrogen) atoms. The van der Waals surface area contributed by atoms with Crippen molar-refractivity contribution in [3.63, 3.8) is 0 Å². The van der Waals surface area contributed by atoms with Gasteiger partial charge in [-0.15, -0.1) is 0 Å². The van der Waals surface area contributed by atoms with Gasteiger partial charge in [0.1, 0.15) is 5.82 Å². The first kappa shape index (κ1) is 10.5. The summed E-state index contributed by atoms with van der Waals surface area (Å²) >= 11 is 0. The van der Waals surface area contributed by atoms with E-state index in [2.05, 4.69) is 18.6 Å². The first-order valence-electron chi connectivity index (χ1n) is 5.16. The Hall–Kier alpha value is -2.03. The summed E-state index contributed by atoms with van der Waals surface area (Å²) in [5.74, 6) is 0.627. The highest BCUT2D eigenvalue weighted by Gasteiger charge is 2.06. The van der Waals surface area contributed by atoms with Crippen LogP contribution in [0.25, 0.3) is 11.3 Å². The normalized spacial score (nSPS) is 10.4. The minimum Gasteiger partial charge on any atom is -0.384 e. The molecule has 0 radical (unpaired) electrons. The molecule has 0 spiro atoms. The van der Waals surface area contributed by atoms with Crippen molar-refractivity contribution in [2.45, 2.75) is 13.8 Å². The second kappa shape index (κ2) is 3.85. The zero-order valence-corrected chi connectivity index (χ0v) is 9.57. The lowest BCUT2D eigenvalue weighted by Crippen LogP contribution is -2.01. The average molecular weight is 213 g/mol. The summed E-state index contributed by atoms with van der Waals surface area (Å²) in [4.78, 5) is 0. The van der Waals surface area contributed by atoms with Crippen molar-refractivity contribution < 1.29 is 0 Å². The van der Waals surface area contributed by atoms with E-state index < -0.39 is 0 Å². The quantitative estimate of drug-likeness (QED) is 0.833. The van der Waals surface area contributed by atoms with Crippen LogP contribution >= 0.6 is 0 Å². The SMILES string of the molecule is C=C(C)c1cc(N)n(-c2ccc(C)cc2)n1. The standard InChI is InChI=1S/C13H15N3/c1-9(2)12-8-13(14)16(15-12)11-6-4-10(3)5-7-11/h4-8H,1,14H2,2-3H3. The molecule has 82 valence electrons. The molecular weight excluding hydrogens is 198 g/mol. The molecule has 2 N–H and O–H groups in total. The van der Waals surface area contributed by atoms with Crippen molar-refractivity contribution in [3.05, 3.63) is 48.2 Å². The summed E-state index contributed by atoms with van der Waals surface area (Å²) in [7, 11) is 0. The molecule has 1 aromatic heterocycles. The van der Waals surface area contributed by atoms with Gasteiger partial charge in [0.25, 0.3) is 0 Å². The van der Waals surface area contributed by atoms with Gasteiger partial charge < -0.3 is 5.73 Å². The summed E-state index contributed by atoms with van der Waals surface area (Å²) in [6, 6.07) is 9.91. The van der Waals surface area contributed by atoms with Crippen LogP contribution in [-0.2, 0) is 0 Å². The molecule has 0 saturated carbocycles. The monoisotopic (exact) mass is 213 g/mol. The number of rotatable bonds is 2. The molecule has 0 unspecified atom stereocenters. The van der Waals surface area contributed by atoms with Crippen LogP contribution in [0.2, 0.25) is 0 Å². The Morgan fingerprint density at radius 3 is 2.44 bits per heavy atom. The topological polar surface area (TPSA) is 43.8 Å². The third-order valence-corrected chi connectivity index (χ3v) is 2.45. The van der Waals surface area contributed by atoms with Gasteiger partial charge in [-0.25, -0.2) is 4.68 Å². The summed E-state index contributed by atoms with van der Waals surface area (Å²) in [6.07, 6.45) is 0. The van der Waals surface area contributed by atoms with E-state index in [1.807, 2.05) is 37.3 Å². The number of hydrogen-bond donors (Lipinski definition) is 1. The molecule has 0 amide bonds. The maximum atomic E-state index is 5.91. The first-order valence-corrected chi connectivity index (χ1v) is 5.16. The van der Waals surface area contributed by atoms with Crippen LogP contribution in [0.15, 0.2) is 36.9 Å². The summed E-state index contributed by atoms with van der Waals surface area (Å²) in [5.41, 5.74) is 9.84. The molecular formula is C13H15N3. The van der Waals surface area contributed by atoms with Crippen molar-refractivity contribution in [2.24, 2.45) is 0 Å². The first-order chi connectivity index (χ1) is 7.58. The van der Waals surface area contributed by atoms with Crippen LogP contribution < -0.4 is 5.73 Å². The molecule has 1 heterocycles. The van der Waals surface area contributed by atoms with Gasteiger partial charge in [-0.1, -0.05) is 24.3 Å². The van der Waals surface area contributed by atoms with E-state index in [1.54, 1.807) is 4.68 Å². The van der Waals surface area contributed by atoms with Crippen LogP contribution in [0.4, 0.5) is 5.82 Å². The average Bonchev–Trinajstić information content (AvgIpc) is 2.62. The number of benzene rings is 1. The molecule has 0 bridgehead atoms. The number of nitrogens with zero attached hydrogens (tertiary/aromatic N) is 2. The molecule has 0 aliphatic rings. The summed E-state index contributed by atoms with van der Waals surface area (Å²) in [5, 5.41) is 4.40. The Morgan fingerprint density at radius 1 is 1.31 bits per heavy atom. The lowest BCUT2D eigenvalue weighted by molar-refractivity contribution is 0.883. The second-order valence-electron chi connectivity index (χ2n) is 3.98. The van der Waals surface area contributed by atoms with E-state index in [0.29, 0.717) is 5.82 Å². The maximum absolute atomic E-state index is 5.91. The molecule has 3 heteroatoms. The van der Waals surface area contributed by atoms with Gasteiger partial charge in [0.2, 0.25) is 0 Å². The summed E-state index contributed by atoms with van der Waals surface area (Å²) in [6.45, 7) is 7.83. The van der Waals surface area contributed by atoms with Crippen molar-refractivity contribution >= 4 is 11.4 Å². The Morgan fingerprint density at radius 2 is 1.94 bits per heavy atom. The van der Waals surface area contributed by atoms with Crippen molar-refractivity contribution in [2.75, 3.05) is 5.73 Å². The Bertz CT molecular complexity index is 521. The zero-order chi connectivity index (χ0) is 11.7. The number of aryl methyl sites for hydroxylation is 1. The number of anilines is 1. The van der Waals surface area contributed by atoms with Gasteiger partial charge in [0.05, 0.1) is 11.4 Å². The van der Waals surface area contributed by atoms with Crippen LogP contribution in [0.3, 0.4) is 0 Å². The fraction of sp³-hybridized carbons (Fsp3) is 0.154. The predicted octanol–water partition coefficient (Wildman–Crippen LogP) is 2.80. The second-order valence-corrected chi connectivity index (χ2v) is 3.98. The third kappa shape index (κ3) is 1.84. The molecule has 0 fully saturated rings. The highest BCUT2D eigenvalue weighted by Crippen LogP contribution is 2.18. The van der Waals surface area contributed by atoms with Crippen LogP contribution in [0, 0.1) is 6.92 Å². The maximum Gasteiger partial charge on any atom is 0.127 e. The molecule has 0 atom stereocenters. The highest BCUT2D eigenvalue weighted by molar-refractivity contribution is 5.61. The fourth-order valence-corrected chi connectivity index (χ4v) is 1.50. The van der Waals surface area contributed by atoms with E-state index >= 15 is 0 Å². The van der Waals surface area contributed by atoms with Crippen LogP contribution in [0.5, 0.6) is 0 Å². The van der Waals surface area contributed by atoms with Gasteiger partial charge in [-0.2, -0.15) is 5.10 Å². The van der Waals surface area contributed by atoms with E-state index in [4.69, 9.17) is 5.73 Å². The molecule has 2 aromatic rings. The zero-order valence-electron chi connectivity index (χ0n) is 9.57. The minimum atomic E-state index is 0.627. The Kier molecular flexibility index (Phi) is 2.52. The van der Waals surface area contributed by atoms with Gasteiger partial charge in [0, 0.05) is 6.07 Å². The Labute approximate surface area is 95.2 Å². The fourth-order valence-electron chi connectivity index (χ4n) is 1.50.